The molecule has 6 nitrogen and oxygen atoms in total. The van der Waals surface area contributed by atoms with Gasteiger partial charge in [-0.15, -0.1) is 0 Å². The van der Waals surface area contributed by atoms with Gasteiger partial charge in [-0.25, -0.2) is 9.97 Å². The fourth-order valence-corrected chi connectivity index (χ4v) is 3.28. The van der Waals surface area contributed by atoms with Gasteiger partial charge in [-0.3, -0.25) is 0 Å². The molecule has 4 rings (SSSR count). The number of nitrogens with one attached hydrogen (secondary N) is 1. The zero-order valence-electron chi connectivity index (χ0n) is 14.9. The Bertz CT molecular complexity index is 957. The SMILES string of the molecule is CC(C)(C=O)Cc1c[nH]c2ncc(-c3cccc(N4CC(O)C4)c3)nc12. The number of anilines is 1. The van der Waals surface area contributed by atoms with Crippen molar-refractivity contribution in [1.29, 1.82) is 0 Å². The summed E-state index contributed by atoms with van der Waals surface area (Å²) in [5.41, 5.74) is 4.95. The highest BCUT2D eigenvalue weighted by Crippen LogP contribution is 2.29. The number of hydrogen-bond acceptors (Lipinski definition) is 5. The number of nitrogens with zero attached hydrogens (tertiary/aromatic N) is 3. The lowest BCUT2D eigenvalue weighted by Gasteiger charge is -2.38. The van der Waals surface area contributed by atoms with E-state index in [1.54, 1.807) is 6.20 Å². The summed E-state index contributed by atoms with van der Waals surface area (Å²) in [6, 6.07) is 8.12. The van der Waals surface area contributed by atoms with Gasteiger partial charge in [0.15, 0.2) is 5.65 Å². The summed E-state index contributed by atoms with van der Waals surface area (Å²) >= 11 is 0. The summed E-state index contributed by atoms with van der Waals surface area (Å²) in [6.45, 7) is 5.16. The number of H-pyrrole nitrogens is 1. The minimum atomic E-state index is -0.439. The number of hydrogen-bond donors (Lipinski definition) is 2. The molecule has 1 aliphatic rings. The number of fused-ring (bicyclic) bond motifs is 1. The van der Waals surface area contributed by atoms with Crippen LogP contribution < -0.4 is 4.90 Å². The molecule has 3 heterocycles. The maximum atomic E-state index is 11.3. The Morgan fingerprint density at radius 1 is 1.38 bits per heavy atom. The van der Waals surface area contributed by atoms with Crippen molar-refractivity contribution in [3.05, 3.63) is 42.2 Å². The van der Waals surface area contributed by atoms with Crippen LogP contribution in [0.1, 0.15) is 19.4 Å². The zero-order chi connectivity index (χ0) is 18.3. The molecular weight excluding hydrogens is 328 g/mol. The standard InChI is InChI=1S/C20H22N4O2/c1-20(2,12-25)7-14-8-21-19-18(14)23-17(9-22-19)13-4-3-5-15(6-13)24-10-16(26)11-24/h3-6,8-9,12,16,26H,7,10-11H2,1-2H3,(H,21,22). The average molecular weight is 350 g/mol. The molecular formula is C20H22N4O2. The van der Waals surface area contributed by atoms with E-state index in [-0.39, 0.29) is 6.10 Å². The van der Waals surface area contributed by atoms with Gasteiger partial charge < -0.3 is 19.8 Å². The van der Waals surface area contributed by atoms with Gasteiger partial charge in [-0.2, -0.15) is 0 Å². The Morgan fingerprint density at radius 3 is 2.92 bits per heavy atom. The maximum Gasteiger partial charge on any atom is 0.156 e. The molecule has 26 heavy (non-hydrogen) atoms. The molecule has 0 atom stereocenters. The Hall–Kier alpha value is -2.73. The lowest BCUT2D eigenvalue weighted by Crippen LogP contribution is -2.50. The van der Waals surface area contributed by atoms with E-state index in [0.717, 1.165) is 40.0 Å². The fraction of sp³-hybridized carbons (Fsp3) is 0.350. The number of benzene rings is 1. The minimum absolute atomic E-state index is 0.238. The molecule has 6 heteroatoms. The van der Waals surface area contributed by atoms with Crippen molar-refractivity contribution < 1.29 is 9.90 Å². The van der Waals surface area contributed by atoms with Crippen LogP contribution in [0.2, 0.25) is 0 Å². The van der Waals surface area contributed by atoms with Crippen molar-refractivity contribution in [2.75, 3.05) is 18.0 Å². The first-order valence-corrected chi connectivity index (χ1v) is 8.78. The van der Waals surface area contributed by atoms with E-state index in [0.29, 0.717) is 19.5 Å². The summed E-state index contributed by atoms with van der Waals surface area (Å²) < 4.78 is 0. The van der Waals surface area contributed by atoms with Crippen LogP contribution in [0.3, 0.4) is 0 Å². The summed E-state index contributed by atoms with van der Waals surface area (Å²) in [5.74, 6) is 0. The van der Waals surface area contributed by atoms with Gasteiger partial charge in [-0.05, 0) is 24.1 Å². The largest absolute Gasteiger partial charge is 0.389 e. The van der Waals surface area contributed by atoms with Crippen molar-refractivity contribution in [2.24, 2.45) is 5.41 Å². The van der Waals surface area contributed by atoms with E-state index in [1.165, 1.54) is 0 Å². The summed E-state index contributed by atoms with van der Waals surface area (Å²) in [5, 5.41) is 9.51. The van der Waals surface area contributed by atoms with Crippen LogP contribution >= 0.6 is 0 Å². The summed E-state index contributed by atoms with van der Waals surface area (Å²) in [4.78, 5) is 25.8. The number of rotatable bonds is 5. The van der Waals surface area contributed by atoms with Crippen LogP contribution in [0.15, 0.2) is 36.7 Å². The van der Waals surface area contributed by atoms with Gasteiger partial charge >= 0.3 is 0 Å². The molecule has 0 unspecified atom stereocenters. The smallest absolute Gasteiger partial charge is 0.156 e. The zero-order valence-corrected chi connectivity index (χ0v) is 14.9. The van der Waals surface area contributed by atoms with Crippen molar-refractivity contribution in [3.63, 3.8) is 0 Å². The van der Waals surface area contributed by atoms with E-state index >= 15 is 0 Å². The van der Waals surface area contributed by atoms with Crippen molar-refractivity contribution in [3.8, 4) is 11.3 Å². The predicted octanol–water partition coefficient (Wildman–Crippen LogP) is 2.57. The van der Waals surface area contributed by atoms with Crippen LogP contribution in [0, 0.1) is 5.41 Å². The third kappa shape index (κ3) is 3.08. The van der Waals surface area contributed by atoms with Crippen LogP contribution in [0.25, 0.3) is 22.4 Å². The van der Waals surface area contributed by atoms with Crippen molar-refractivity contribution in [1.82, 2.24) is 15.0 Å². The number of carbonyl (C=O) groups is 1. The molecule has 134 valence electrons. The normalized spacial score (nSPS) is 15.3. The van der Waals surface area contributed by atoms with Gasteiger partial charge in [0.05, 0.1) is 18.0 Å². The van der Waals surface area contributed by atoms with Gasteiger partial charge in [-0.1, -0.05) is 26.0 Å². The second kappa shape index (κ2) is 6.21. The molecule has 2 aromatic heterocycles. The molecule has 0 saturated carbocycles. The first-order chi connectivity index (χ1) is 12.4. The second-order valence-electron chi connectivity index (χ2n) is 7.66. The quantitative estimate of drug-likeness (QED) is 0.691. The molecule has 0 amide bonds. The molecule has 0 spiro atoms. The fourth-order valence-electron chi connectivity index (χ4n) is 3.28. The lowest BCUT2D eigenvalue weighted by molar-refractivity contribution is -0.114. The molecule has 1 aliphatic heterocycles. The third-order valence-corrected chi connectivity index (χ3v) is 4.79. The Labute approximate surface area is 151 Å². The first-order valence-electron chi connectivity index (χ1n) is 8.78. The molecule has 2 N–H and O–H groups in total. The summed E-state index contributed by atoms with van der Waals surface area (Å²) in [6.07, 6.45) is 5.00. The number of aliphatic hydroxyl groups is 1. The predicted molar refractivity (Wildman–Crippen MR) is 101 cm³/mol. The lowest BCUT2D eigenvalue weighted by atomic mass is 9.88. The highest BCUT2D eigenvalue weighted by molar-refractivity contribution is 5.79. The van der Waals surface area contributed by atoms with Crippen LogP contribution in [-0.2, 0) is 11.2 Å². The van der Waals surface area contributed by atoms with Crippen LogP contribution in [0.5, 0.6) is 0 Å². The third-order valence-electron chi connectivity index (χ3n) is 4.79. The molecule has 1 aromatic carbocycles. The van der Waals surface area contributed by atoms with Gasteiger partial charge in [0, 0.05) is 36.0 Å². The number of aliphatic hydroxyl groups excluding tert-OH is 1. The Kier molecular flexibility index (Phi) is 4.00. The van der Waals surface area contributed by atoms with Crippen LogP contribution in [-0.4, -0.2) is 45.5 Å². The maximum absolute atomic E-state index is 11.3. The number of aldehydes is 1. The number of carbonyl (C=O) groups excluding carboxylic acids is 1. The molecule has 1 saturated heterocycles. The highest BCUT2D eigenvalue weighted by Gasteiger charge is 2.25. The Balaban J connectivity index is 1.69. The topological polar surface area (TPSA) is 82.1 Å². The van der Waals surface area contributed by atoms with Gasteiger partial charge in [0.2, 0.25) is 0 Å². The number of β-amino-alcohol motifs (C(OH)–C–C–N with tert-alkyl or cyclic N) is 1. The number of aromatic amines is 1. The average Bonchev–Trinajstić information content (AvgIpc) is 3.01. The van der Waals surface area contributed by atoms with E-state index < -0.39 is 5.41 Å². The highest BCUT2D eigenvalue weighted by atomic mass is 16.3. The van der Waals surface area contributed by atoms with Gasteiger partial charge in [0.25, 0.3) is 0 Å². The van der Waals surface area contributed by atoms with E-state index in [1.807, 2.05) is 38.2 Å². The van der Waals surface area contributed by atoms with E-state index in [4.69, 9.17) is 4.98 Å². The van der Waals surface area contributed by atoms with E-state index in [9.17, 15) is 9.90 Å². The van der Waals surface area contributed by atoms with Crippen LogP contribution in [0.4, 0.5) is 5.69 Å². The molecule has 0 radical (unpaired) electrons. The van der Waals surface area contributed by atoms with Crippen molar-refractivity contribution >= 4 is 23.1 Å². The number of aromatic nitrogens is 3. The van der Waals surface area contributed by atoms with Gasteiger partial charge in [0.1, 0.15) is 11.8 Å². The monoisotopic (exact) mass is 350 g/mol. The minimum Gasteiger partial charge on any atom is -0.389 e. The first kappa shape index (κ1) is 16.7. The molecule has 1 fully saturated rings. The molecule has 0 aliphatic carbocycles. The Morgan fingerprint density at radius 2 is 2.19 bits per heavy atom. The summed E-state index contributed by atoms with van der Waals surface area (Å²) in [7, 11) is 0. The van der Waals surface area contributed by atoms with E-state index in [2.05, 4.69) is 20.9 Å². The van der Waals surface area contributed by atoms with Crippen molar-refractivity contribution in [2.45, 2.75) is 26.4 Å². The molecule has 0 bridgehead atoms. The molecule has 3 aromatic rings. The second-order valence-corrected chi connectivity index (χ2v) is 7.66.